The highest BCUT2D eigenvalue weighted by molar-refractivity contribution is 5.95. The molecule has 0 aliphatic heterocycles. The standard InChI is InChI=1S/C16H27N3O2/c1-5-19(9-10-21-6-2)13(4)16(20)18-15-8-7-14(17)11-12(15)3/h7-8,11,13H,5-6,9-10,17H2,1-4H3,(H,18,20). The van der Waals surface area contributed by atoms with Crippen LogP contribution in [0.25, 0.3) is 0 Å². The van der Waals surface area contributed by atoms with Gasteiger partial charge >= 0.3 is 0 Å². The van der Waals surface area contributed by atoms with Crippen molar-refractivity contribution in [1.82, 2.24) is 4.90 Å². The molecule has 0 spiro atoms. The SMILES string of the molecule is CCOCCN(CC)C(C)C(=O)Nc1ccc(N)cc1C. The first-order valence-electron chi connectivity index (χ1n) is 7.48. The second kappa shape index (κ2) is 8.64. The summed E-state index contributed by atoms with van der Waals surface area (Å²) < 4.78 is 5.36. The van der Waals surface area contributed by atoms with Gasteiger partial charge in [-0.25, -0.2) is 0 Å². The van der Waals surface area contributed by atoms with Gasteiger partial charge in [0.2, 0.25) is 5.91 Å². The minimum atomic E-state index is -0.201. The number of ether oxygens (including phenoxy) is 1. The molecular weight excluding hydrogens is 266 g/mol. The van der Waals surface area contributed by atoms with Crippen molar-refractivity contribution >= 4 is 17.3 Å². The molecule has 0 bridgehead atoms. The molecule has 1 aromatic rings. The average Bonchev–Trinajstić information content (AvgIpc) is 2.46. The Labute approximate surface area is 127 Å². The number of hydrogen-bond acceptors (Lipinski definition) is 4. The van der Waals surface area contributed by atoms with Crippen LogP contribution >= 0.6 is 0 Å². The molecular formula is C16H27N3O2. The summed E-state index contributed by atoms with van der Waals surface area (Å²) >= 11 is 0. The molecule has 0 fully saturated rings. The van der Waals surface area contributed by atoms with Crippen LogP contribution in [-0.2, 0) is 9.53 Å². The molecule has 5 nitrogen and oxygen atoms in total. The fourth-order valence-corrected chi connectivity index (χ4v) is 2.18. The fourth-order valence-electron chi connectivity index (χ4n) is 2.18. The lowest BCUT2D eigenvalue weighted by molar-refractivity contribution is -0.120. The van der Waals surface area contributed by atoms with Crippen molar-refractivity contribution in [2.24, 2.45) is 0 Å². The van der Waals surface area contributed by atoms with E-state index in [4.69, 9.17) is 10.5 Å². The van der Waals surface area contributed by atoms with Gasteiger partial charge in [0, 0.05) is 24.5 Å². The molecule has 5 heteroatoms. The molecule has 0 saturated heterocycles. The number of hydrogen-bond donors (Lipinski definition) is 2. The number of anilines is 2. The average molecular weight is 293 g/mol. The van der Waals surface area contributed by atoms with Crippen LogP contribution in [0.3, 0.4) is 0 Å². The van der Waals surface area contributed by atoms with Gasteiger partial charge in [-0.3, -0.25) is 9.69 Å². The second-order valence-electron chi connectivity index (χ2n) is 5.07. The lowest BCUT2D eigenvalue weighted by Crippen LogP contribution is -2.43. The van der Waals surface area contributed by atoms with E-state index in [0.29, 0.717) is 18.9 Å². The molecule has 0 aromatic heterocycles. The number of rotatable bonds is 8. The van der Waals surface area contributed by atoms with Gasteiger partial charge in [0.05, 0.1) is 12.6 Å². The number of nitrogens with zero attached hydrogens (tertiary/aromatic N) is 1. The molecule has 0 radical (unpaired) electrons. The minimum Gasteiger partial charge on any atom is -0.399 e. The zero-order chi connectivity index (χ0) is 15.8. The molecule has 0 heterocycles. The Morgan fingerprint density at radius 1 is 1.43 bits per heavy atom. The van der Waals surface area contributed by atoms with Gasteiger partial charge in [-0.1, -0.05) is 6.92 Å². The number of likely N-dealkylation sites (N-methyl/N-ethyl adjacent to an activating group) is 1. The van der Waals surface area contributed by atoms with Crippen LogP contribution in [0, 0.1) is 6.92 Å². The summed E-state index contributed by atoms with van der Waals surface area (Å²) in [4.78, 5) is 14.5. The Morgan fingerprint density at radius 2 is 2.14 bits per heavy atom. The highest BCUT2D eigenvalue weighted by atomic mass is 16.5. The Kier molecular flexibility index (Phi) is 7.19. The first-order valence-corrected chi connectivity index (χ1v) is 7.48. The van der Waals surface area contributed by atoms with Crippen LogP contribution in [0.1, 0.15) is 26.3 Å². The Hall–Kier alpha value is -1.59. The van der Waals surface area contributed by atoms with Crippen molar-refractivity contribution in [3.05, 3.63) is 23.8 Å². The van der Waals surface area contributed by atoms with Crippen LogP contribution in [-0.4, -0.2) is 43.2 Å². The normalized spacial score (nSPS) is 12.4. The lowest BCUT2D eigenvalue weighted by Gasteiger charge is -2.27. The second-order valence-corrected chi connectivity index (χ2v) is 5.07. The molecule has 1 amide bonds. The number of aryl methyl sites for hydroxylation is 1. The number of carbonyl (C=O) groups is 1. The van der Waals surface area contributed by atoms with Crippen LogP contribution < -0.4 is 11.1 Å². The van der Waals surface area contributed by atoms with E-state index in [2.05, 4.69) is 10.2 Å². The summed E-state index contributed by atoms with van der Waals surface area (Å²) in [5.41, 5.74) is 8.19. The van der Waals surface area contributed by atoms with Gasteiger partial charge in [0.25, 0.3) is 0 Å². The maximum absolute atomic E-state index is 12.4. The molecule has 0 aliphatic rings. The van der Waals surface area contributed by atoms with E-state index in [9.17, 15) is 4.79 Å². The molecule has 118 valence electrons. The summed E-state index contributed by atoms with van der Waals surface area (Å²) in [5.74, 6) is -0.0128. The third kappa shape index (κ3) is 5.36. The van der Waals surface area contributed by atoms with Gasteiger partial charge in [-0.15, -0.1) is 0 Å². The van der Waals surface area contributed by atoms with Crippen molar-refractivity contribution in [2.75, 3.05) is 37.4 Å². The predicted octanol–water partition coefficient (Wildman–Crippen LogP) is 2.26. The highest BCUT2D eigenvalue weighted by Gasteiger charge is 2.20. The molecule has 1 rings (SSSR count). The van der Waals surface area contributed by atoms with E-state index in [0.717, 1.165) is 24.3 Å². The number of nitrogen functional groups attached to an aromatic ring is 1. The van der Waals surface area contributed by atoms with Crippen LogP contribution in [0.2, 0.25) is 0 Å². The van der Waals surface area contributed by atoms with E-state index in [1.54, 1.807) is 6.07 Å². The Morgan fingerprint density at radius 3 is 2.71 bits per heavy atom. The van der Waals surface area contributed by atoms with E-state index >= 15 is 0 Å². The lowest BCUT2D eigenvalue weighted by atomic mass is 10.1. The minimum absolute atomic E-state index is 0.0128. The molecule has 0 aliphatic carbocycles. The smallest absolute Gasteiger partial charge is 0.241 e. The van der Waals surface area contributed by atoms with E-state index in [1.165, 1.54) is 0 Å². The number of benzene rings is 1. The number of nitrogens with two attached hydrogens (primary N) is 1. The zero-order valence-corrected chi connectivity index (χ0v) is 13.5. The maximum atomic E-state index is 12.4. The molecule has 21 heavy (non-hydrogen) atoms. The number of carbonyl (C=O) groups excluding carboxylic acids is 1. The van der Waals surface area contributed by atoms with Gasteiger partial charge in [-0.05, 0) is 51.1 Å². The number of amides is 1. The van der Waals surface area contributed by atoms with Crippen molar-refractivity contribution < 1.29 is 9.53 Å². The quantitative estimate of drug-likeness (QED) is 0.570. The topological polar surface area (TPSA) is 67.6 Å². The summed E-state index contributed by atoms with van der Waals surface area (Å²) in [6.45, 7) is 10.8. The van der Waals surface area contributed by atoms with Crippen LogP contribution in [0.4, 0.5) is 11.4 Å². The molecule has 0 saturated carbocycles. The van der Waals surface area contributed by atoms with E-state index in [1.807, 2.05) is 39.8 Å². The van der Waals surface area contributed by atoms with Crippen LogP contribution in [0.5, 0.6) is 0 Å². The van der Waals surface area contributed by atoms with Crippen molar-refractivity contribution in [3.8, 4) is 0 Å². The molecule has 1 aromatic carbocycles. The summed E-state index contributed by atoms with van der Waals surface area (Å²) in [6.07, 6.45) is 0. The van der Waals surface area contributed by atoms with Gasteiger partial charge < -0.3 is 15.8 Å². The third-order valence-electron chi connectivity index (χ3n) is 3.57. The van der Waals surface area contributed by atoms with E-state index < -0.39 is 0 Å². The molecule has 3 N–H and O–H groups in total. The first-order chi connectivity index (χ1) is 9.99. The van der Waals surface area contributed by atoms with Crippen molar-refractivity contribution in [1.29, 1.82) is 0 Å². The van der Waals surface area contributed by atoms with Crippen molar-refractivity contribution in [2.45, 2.75) is 33.7 Å². The largest absolute Gasteiger partial charge is 0.399 e. The highest BCUT2D eigenvalue weighted by Crippen LogP contribution is 2.18. The summed E-state index contributed by atoms with van der Waals surface area (Å²) in [5, 5.41) is 2.97. The Balaban J connectivity index is 2.63. The summed E-state index contributed by atoms with van der Waals surface area (Å²) in [7, 11) is 0. The van der Waals surface area contributed by atoms with Gasteiger partial charge in [0.15, 0.2) is 0 Å². The van der Waals surface area contributed by atoms with Crippen LogP contribution in [0.15, 0.2) is 18.2 Å². The van der Waals surface area contributed by atoms with Crippen molar-refractivity contribution in [3.63, 3.8) is 0 Å². The van der Waals surface area contributed by atoms with Gasteiger partial charge in [0.1, 0.15) is 0 Å². The van der Waals surface area contributed by atoms with Gasteiger partial charge in [-0.2, -0.15) is 0 Å². The maximum Gasteiger partial charge on any atom is 0.241 e. The molecule has 1 unspecified atom stereocenters. The van der Waals surface area contributed by atoms with E-state index in [-0.39, 0.29) is 11.9 Å². The summed E-state index contributed by atoms with van der Waals surface area (Å²) in [6, 6.07) is 5.28. The monoisotopic (exact) mass is 293 g/mol. The first kappa shape index (κ1) is 17.5. The fraction of sp³-hybridized carbons (Fsp3) is 0.562. The molecule has 1 atom stereocenters. The number of nitrogens with one attached hydrogen (secondary N) is 1. The zero-order valence-electron chi connectivity index (χ0n) is 13.5. The Bertz CT molecular complexity index is 463. The third-order valence-corrected chi connectivity index (χ3v) is 3.57. The predicted molar refractivity (Wildman–Crippen MR) is 87.4 cm³/mol.